The van der Waals surface area contributed by atoms with Gasteiger partial charge >= 0.3 is 0 Å². The Morgan fingerprint density at radius 2 is 1.52 bits per heavy atom. The summed E-state index contributed by atoms with van der Waals surface area (Å²) in [6, 6.07) is 13.7. The molecule has 0 aliphatic heterocycles. The van der Waals surface area contributed by atoms with Crippen molar-refractivity contribution in [3.05, 3.63) is 48.0 Å². The van der Waals surface area contributed by atoms with E-state index in [2.05, 4.69) is 10.6 Å². The summed E-state index contributed by atoms with van der Waals surface area (Å²) < 4.78 is 0. The van der Waals surface area contributed by atoms with Crippen LogP contribution in [0, 0.1) is 23.2 Å². The minimum Gasteiger partial charge on any atom is -0.355 e. The fourth-order valence-electron chi connectivity index (χ4n) is 6.60. The Kier molecular flexibility index (Phi) is 4.81. The molecule has 2 amide bonds. The van der Waals surface area contributed by atoms with Crippen molar-refractivity contribution in [3.63, 3.8) is 0 Å². The van der Waals surface area contributed by atoms with Crippen molar-refractivity contribution in [1.82, 2.24) is 10.6 Å². The molecule has 0 radical (unpaired) electrons. The van der Waals surface area contributed by atoms with E-state index in [1.165, 1.54) is 38.5 Å². The molecular weight excluding hydrogens is 360 g/mol. The first kappa shape index (κ1) is 18.7. The summed E-state index contributed by atoms with van der Waals surface area (Å²) in [5.41, 5.74) is 0.997. The van der Waals surface area contributed by atoms with Crippen LogP contribution >= 0.6 is 0 Å². The van der Waals surface area contributed by atoms with Crippen LogP contribution in [0.3, 0.4) is 0 Å². The number of carbonyl (C=O) groups excluding carboxylic acids is 2. The predicted molar refractivity (Wildman–Crippen MR) is 115 cm³/mol. The molecule has 4 saturated carbocycles. The van der Waals surface area contributed by atoms with Crippen molar-refractivity contribution < 1.29 is 9.59 Å². The van der Waals surface area contributed by atoms with E-state index in [4.69, 9.17) is 0 Å². The summed E-state index contributed by atoms with van der Waals surface area (Å²) in [6.07, 6.45) is 8.52. The lowest BCUT2D eigenvalue weighted by Crippen LogP contribution is -2.51. The Morgan fingerprint density at radius 1 is 0.862 bits per heavy atom. The first-order valence-electron chi connectivity index (χ1n) is 11.1. The van der Waals surface area contributed by atoms with Gasteiger partial charge in [-0.05, 0) is 84.6 Å². The maximum absolute atomic E-state index is 12.4. The molecule has 2 N–H and O–H groups in total. The topological polar surface area (TPSA) is 58.2 Å². The molecule has 4 aliphatic carbocycles. The second-order valence-electron chi connectivity index (χ2n) is 9.76. The van der Waals surface area contributed by atoms with Gasteiger partial charge in [-0.3, -0.25) is 9.59 Å². The average molecular weight is 391 g/mol. The molecule has 4 fully saturated rings. The van der Waals surface area contributed by atoms with Crippen molar-refractivity contribution in [1.29, 1.82) is 0 Å². The lowest BCUT2D eigenvalue weighted by atomic mass is 9.49. The van der Waals surface area contributed by atoms with Gasteiger partial charge in [0.05, 0.1) is 0 Å². The van der Waals surface area contributed by atoms with Gasteiger partial charge < -0.3 is 10.6 Å². The molecule has 152 valence electrons. The second kappa shape index (κ2) is 7.47. The van der Waals surface area contributed by atoms with Crippen LogP contribution in [0.15, 0.2) is 42.5 Å². The van der Waals surface area contributed by atoms with E-state index in [0.717, 1.165) is 35.1 Å². The number of benzene rings is 2. The summed E-state index contributed by atoms with van der Waals surface area (Å²) in [4.78, 5) is 24.8. The molecule has 0 unspecified atom stereocenters. The lowest BCUT2D eigenvalue weighted by molar-refractivity contribution is -0.123. The van der Waals surface area contributed by atoms with Gasteiger partial charge in [0.15, 0.2) is 0 Å². The molecule has 0 atom stereocenters. The Morgan fingerprint density at radius 3 is 2.21 bits per heavy atom. The van der Waals surface area contributed by atoms with Gasteiger partial charge in [0.2, 0.25) is 5.91 Å². The van der Waals surface area contributed by atoms with Crippen LogP contribution in [-0.2, 0) is 4.79 Å². The van der Waals surface area contributed by atoms with Crippen LogP contribution in [0.25, 0.3) is 10.8 Å². The number of fused-ring (bicyclic) bond motifs is 1. The zero-order valence-electron chi connectivity index (χ0n) is 17.0. The zero-order valence-corrected chi connectivity index (χ0v) is 17.0. The maximum Gasteiger partial charge on any atom is 0.251 e. The maximum atomic E-state index is 12.4. The van der Waals surface area contributed by atoms with Crippen LogP contribution in [0.1, 0.15) is 55.3 Å². The number of hydrogen-bond acceptors (Lipinski definition) is 2. The van der Waals surface area contributed by atoms with E-state index in [1.807, 2.05) is 42.5 Å². The van der Waals surface area contributed by atoms with E-state index in [9.17, 15) is 9.59 Å². The van der Waals surface area contributed by atoms with Crippen molar-refractivity contribution in [2.75, 3.05) is 13.1 Å². The van der Waals surface area contributed by atoms with Crippen molar-refractivity contribution in [3.8, 4) is 0 Å². The van der Waals surface area contributed by atoms with Crippen LogP contribution < -0.4 is 10.6 Å². The minimum atomic E-state index is -0.121. The number of nitrogens with one attached hydrogen (secondary N) is 2. The van der Waals surface area contributed by atoms with Crippen molar-refractivity contribution >= 4 is 22.6 Å². The van der Waals surface area contributed by atoms with Gasteiger partial charge in [0.1, 0.15) is 0 Å². The van der Waals surface area contributed by atoms with Gasteiger partial charge in [-0.15, -0.1) is 0 Å². The highest BCUT2D eigenvalue weighted by Gasteiger charge is 2.50. The summed E-state index contributed by atoms with van der Waals surface area (Å²) >= 11 is 0. The molecule has 0 saturated heterocycles. The fraction of sp³-hybridized carbons (Fsp3) is 0.520. The summed E-state index contributed by atoms with van der Waals surface area (Å²) in [5.74, 6) is 2.64. The third kappa shape index (κ3) is 3.90. The third-order valence-electron chi connectivity index (χ3n) is 7.47. The summed E-state index contributed by atoms with van der Waals surface area (Å²) in [5, 5.41) is 8.24. The number of rotatable bonds is 6. The minimum absolute atomic E-state index is 0.0551. The second-order valence-corrected chi connectivity index (χ2v) is 9.76. The largest absolute Gasteiger partial charge is 0.355 e. The molecule has 0 aromatic heterocycles. The van der Waals surface area contributed by atoms with Gasteiger partial charge in [-0.25, -0.2) is 0 Å². The average Bonchev–Trinajstić information content (AvgIpc) is 2.71. The quantitative estimate of drug-likeness (QED) is 0.773. The summed E-state index contributed by atoms with van der Waals surface area (Å²) in [6.45, 7) is 1.20. The van der Waals surface area contributed by atoms with Gasteiger partial charge in [0, 0.05) is 25.1 Å². The highest BCUT2D eigenvalue weighted by Crippen LogP contribution is 2.59. The molecule has 0 spiro atoms. The monoisotopic (exact) mass is 390 g/mol. The number of amides is 2. The molecule has 4 bridgehead atoms. The Balaban J connectivity index is 1.09. The Hall–Kier alpha value is -2.36. The van der Waals surface area contributed by atoms with Crippen molar-refractivity contribution in [2.24, 2.45) is 23.2 Å². The molecule has 29 heavy (non-hydrogen) atoms. The van der Waals surface area contributed by atoms with Gasteiger partial charge in [-0.1, -0.05) is 30.3 Å². The number of carbonyl (C=O) groups is 2. The first-order valence-corrected chi connectivity index (χ1v) is 11.1. The van der Waals surface area contributed by atoms with Crippen LogP contribution in [0.5, 0.6) is 0 Å². The first-order chi connectivity index (χ1) is 14.1. The normalized spacial score (nSPS) is 29.7. The molecule has 4 heteroatoms. The smallest absolute Gasteiger partial charge is 0.251 e. The molecule has 2 aromatic carbocycles. The van der Waals surface area contributed by atoms with Crippen LogP contribution in [0.4, 0.5) is 0 Å². The van der Waals surface area contributed by atoms with E-state index >= 15 is 0 Å². The third-order valence-corrected chi connectivity index (χ3v) is 7.47. The summed E-state index contributed by atoms with van der Waals surface area (Å²) in [7, 11) is 0. The van der Waals surface area contributed by atoms with Crippen LogP contribution in [-0.4, -0.2) is 24.9 Å². The molecule has 6 rings (SSSR count). The lowest BCUT2D eigenvalue weighted by Gasteiger charge is -2.56. The van der Waals surface area contributed by atoms with Gasteiger partial charge in [0.25, 0.3) is 5.91 Å². The molecule has 4 aliphatic rings. The van der Waals surface area contributed by atoms with Crippen LogP contribution in [0.2, 0.25) is 0 Å². The standard InChI is InChI=1S/C25H30N2O2/c28-23(27-16-25-13-17-9-18(14-25)11-19(10-17)15-25)7-8-26-24(29)22-6-5-20-3-1-2-4-21(20)12-22/h1-6,12,17-19H,7-11,13-16H2,(H,26,29)(H,27,28). The molecular formula is C25H30N2O2. The fourth-order valence-corrected chi connectivity index (χ4v) is 6.60. The molecule has 4 nitrogen and oxygen atoms in total. The van der Waals surface area contributed by atoms with Crippen molar-refractivity contribution in [2.45, 2.75) is 44.9 Å². The predicted octanol–water partition coefficient (Wildman–Crippen LogP) is 4.29. The molecule has 2 aromatic rings. The van der Waals surface area contributed by atoms with E-state index in [-0.39, 0.29) is 11.8 Å². The zero-order chi connectivity index (χ0) is 19.8. The Labute approximate surface area is 172 Å². The van der Waals surface area contributed by atoms with E-state index in [0.29, 0.717) is 23.9 Å². The highest BCUT2D eigenvalue weighted by atomic mass is 16.2. The SMILES string of the molecule is O=C(CCNC(=O)c1ccc2ccccc2c1)NCC12CC3CC(CC(C3)C1)C2. The number of hydrogen-bond donors (Lipinski definition) is 2. The van der Waals surface area contributed by atoms with Gasteiger partial charge in [-0.2, -0.15) is 0 Å². The Bertz CT molecular complexity index is 900. The molecule has 0 heterocycles. The van der Waals surface area contributed by atoms with E-state index < -0.39 is 0 Å². The highest BCUT2D eigenvalue weighted by molar-refractivity contribution is 5.98. The van der Waals surface area contributed by atoms with E-state index in [1.54, 1.807) is 0 Å².